The van der Waals surface area contributed by atoms with Crippen molar-refractivity contribution in [2.45, 2.75) is 13.0 Å². The third-order valence-electron chi connectivity index (χ3n) is 1.89. The van der Waals surface area contributed by atoms with Crippen molar-refractivity contribution in [2.75, 3.05) is 11.1 Å². The van der Waals surface area contributed by atoms with Gasteiger partial charge >= 0.3 is 0 Å². The van der Waals surface area contributed by atoms with Gasteiger partial charge in [-0.3, -0.25) is 4.79 Å². The monoisotopic (exact) mass is 323 g/mol. The van der Waals surface area contributed by atoms with Gasteiger partial charge in [0.25, 0.3) is 0 Å². The smallest absolute Gasteiger partial charge is 0.239 e. The maximum atomic E-state index is 13.2. The fraction of sp³-hybridized carbons (Fsp3) is 0.222. The van der Waals surface area contributed by atoms with Gasteiger partial charge in [-0.15, -0.1) is 0 Å². The first kappa shape index (κ1) is 12.0. The predicted octanol–water partition coefficient (Wildman–Crippen LogP) is 1.30. The van der Waals surface area contributed by atoms with Crippen LogP contribution in [-0.4, -0.2) is 11.9 Å². The molecule has 6 heteroatoms. The van der Waals surface area contributed by atoms with E-state index in [0.29, 0.717) is 14.9 Å². The number of halogens is 2. The quantitative estimate of drug-likeness (QED) is 0.579. The van der Waals surface area contributed by atoms with E-state index in [9.17, 15) is 9.18 Å². The Hall–Kier alpha value is -1.05. The Labute approximate surface area is 100 Å². The first-order valence-electron chi connectivity index (χ1n) is 4.22. The highest BCUT2D eigenvalue weighted by molar-refractivity contribution is 14.1. The average molecular weight is 323 g/mol. The number of carbonyl (C=O) groups is 1. The average Bonchev–Trinajstić information content (AvgIpc) is 2.13. The molecule has 1 aromatic carbocycles. The first-order chi connectivity index (χ1) is 6.91. The van der Waals surface area contributed by atoms with Crippen LogP contribution in [0, 0.1) is 9.39 Å². The first-order valence-corrected chi connectivity index (χ1v) is 5.30. The summed E-state index contributed by atoms with van der Waals surface area (Å²) >= 11 is 1.84. The molecule has 1 rings (SSSR count). The predicted molar refractivity (Wildman–Crippen MR) is 65.8 cm³/mol. The zero-order chi connectivity index (χ0) is 11.6. The standard InChI is InChI=1S/C9H11FIN3O/c1-4(9(13)15)14-8-2-5(10)6(11)3-7(8)12/h2-4,14H,12H2,1H3,(H2,13,15). The highest BCUT2D eigenvalue weighted by Crippen LogP contribution is 2.24. The van der Waals surface area contributed by atoms with Gasteiger partial charge in [0.05, 0.1) is 14.9 Å². The van der Waals surface area contributed by atoms with Crippen molar-refractivity contribution in [3.8, 4) is 0 Å². The number of carbonyl (C=O) groups excluding carboxylic acids is 1. The van der Waals surface area contributed by atoms with E-state index in [1.165, 1.54) is 12.1 Å². The Balaban J connectivity index is 2.95. The Morgan fingerprint density at radius 2 is 2.20 bits per heavy atom. The topological polar surface area (TPSA) is 81.1 Å². The molecule has 0 saturated heterocycles. The molecule has 1 unspecified atom stereocenters. The summed E-state index contributed by atoms with van der Waals surface area (Å²) in [7, 11) is 0. The van der Waals surface area contributed by atoms with Crippen LogP contribution < -0.4 is 16.8 Å². The number of anilines is 2. The van der Waals surface area contributed by atoms with Crippen LogP contribution in [0.3, 0.4) is 0 Å². The third-order valence-corrected chi connectivity index (χ3v) is 2.72. The van der Waals surface area contributed by atoms with Crippen LogP contribution >= 0.6 is 22.6 Å². The lowest BCUT2D eigenvalue weighted by Crippen LogP contribution is -2.32. The van der Waals surface area contributed by atoms with E-state index in [0.717, 1.165) is 0 Å². The van der Waals surface area contributed by atoms with Crippen LogP contribution in [0.1, 0.15) is 6.92 Å². The molecule has 1 aromatic rings. The highest BCUT2D eigenvalue weighted by Gasteiger charge is 2.11. The van der Waals surface area contributed by atoms with Crippen molar-refractivity contribution in [2.24, 2.45) is 5.73 Å². The van der Waals surface area contributed by atoms with Crippen molar-refractivity contribution in [1.82, 2.24) is 0 Å². The SMILES string of the molecule is CC(Nc1cc(F)c(I)cc1N)C(N)=O. The fourth-order valence-corrected chi connectivity index (χ4v) is 1.48. The molecule has 0 aliphatic heterocycles. The minimum absolute atomic E-state index is 0.374. The van der Waals surface area contributed by atoms with Gasteiger partial charge in [-0.1, -0.05) is 0 Å². The third kappa shape index (κ3) is 2.95. The summed E-state index contributed by atoms with van der Waals surface area (Å²) in [5.74, 6) is -0.905. The second-order valence-electron chi connectivity index (χ2n) is 3.12. The lowest BCUT2D eigenvalue weighted by molar-refractivity contribution is -0.118. The van der Waals surface area contributed by atoms with Gasteiger partial charge in [0.2, 0.25) is 5.91 Å². The molecule has 0 heterocycles. The molecule has 4 nitrogen and oxygen atoms in total. The fourth-order valence-electron chi connectivity index (χ4n) is 0.992. The van der Waals surface area contributed by atoms with Gasteiger partial charge in [-0.2, -0.15) is 0 Å². The number of nitrogens with two attached hydrogens (primary N) is 2. The molecule has 0 saturated carbocycles. The molecule has 0 fully saturated rings. The van der Waals surface area contributed by atoms with Gasteiger partial charge in [0.15, 0.2) is 0 Å². The largest absolute Gasteiger partial charge is 0.397 e. The summed E-state index contributed by atoms with van der Waals surface area (Å²) in [6, 6.07) is 2.15. The minimum Gasteiger partial charge on any atom is -0.397 e. The number of hydrogen-bond donors (Lipinski definition) is 3. The maximum Gasteiger partial charge on any atom is 0.239 e. The Kier molecular flexibility index (Phi) is 3.72. The normalized spacial score (nSPS) is 12.2. The maximum absolute atomic E-state index is 13.2. The van der Waals surface area contributed by atoms with Crippen LogP contribution in [0.5, 0.6) is 0 Å². The van der Waals surface area contributed by atoms with E-state index in [1.807, 2.05) is 22.6 Å². The van der Waals surface area contributed by atoms with E-state index in [4.69, 9.17) is 11.5 Å². The Bertz CT molecular complexity index is 397. The van der Waals surface area contributed by atoms with Crippen molar-refractivity contribution in [3.63, 3.8) is 0 Å². The summed E-state index contributed by atoms with van der Waals surface area (Å²) in [6.07, 6.45) is 0. The van der Waals surface area contributed by atoms with Crippen LogP contribution in [0.15, 0.2) is 12.1 Å². The summed E-state index contributed by atoms with van der Waals surface area (Å²) in [5.41, 5.74) is 11.5. The summed E-state index contributed by atoms with van der Waals surface area (Å²) in [5, 5.41) is 2.73. The van der Waals surface area contributed by atoms with E-state index in [1.54, 1.807) is 6.92 Å². The highest BCUT2D eigenvalue weighted by atomic mass is 127. The molecule has 1 amide bonds. The van der Waals surface area contributed by atoms with Gasteiger partial charge in [-0.05, 0) is 35.6 Å². The second kappa shape index (κ2) is 4.65. The number of rotatable bonds is 3. The lowest BCUT2D eigenvalue weighted by atomic mass is 10.2. The summed E-state index contributed by atoms with van der Waals surface area (Å²) in [4.78, 5) is 10.8. The van der Waals surface area contributed by atoms with E-state index >= 15 is 0 Å². The zero-order valence-electron chi connectivity index (χ0n) is 8.05. The van der Waals surface area contributed by atoms with Crippen LogP contribution in [-0.2, 0) is 4.79 Å². The Morgan fingerprint density at radius 1 is 1.60 bits per heavy atom. The van der Waals surface area contributed by atoms with Crippen LogP contribution in [0.2, 0.25) is 0 Å². The minimum atomic E-state index is -0.591. The molecule has 0 aromatic heterocycles. The molecule has 5 N–H and O–H groups in total. The number of nitrogens with one attached hydrogen (secondary N) is 1. The van der Waals surface area contributed by atoms with Gasteiger partial charge < -0.3 is 16.8 Å². The van der Waals surface area contributed by atoms with E-state index in [2.05, 4.69) is 5.32 Å². The summed E-state index contributed by atoms with van der Waals surface area (Å²) in [6.45, 7) is 1.58. The van der Waals surface area contributed by atoms with E-state index in [-0.39, 0.29) is 5.82 Å². The molecule has 0 radical (unpaired) electrons. The number of hydrogen-bond acceptors (Lipinski definition) is 3. The zero-order valence-corrected chi connectivity index (χ0v) is 10.2. The van der Waals surface area contributed by atoms with Gasteiger partial charge in [-0.25, -0.2) is 4.39 Å². The van der Waals surface area contributed by atoms with Crippen molar-refractivity contribution >= 4 is 39.9 Å². The summed E-state index contributed by atoms with van der Waals surface area (Å²) < 4.78 is 13.6. The van der Waals surface area contributed by atoms with Crippen molar-refractivity contribution in [1.29, 1.82) is 0 Å². The second-order valence-corrected chi connectivity index (χ2v) is 4.28. The van der Waals surface area contributed by atoms with Crippen molar-refractivity contribution in [3.05, 3.63) is 21.5 Å². The lowest BCUT2D eigenvalue weighted by Gasteiger charge is -2.14. The molecule has 0 aliphatic carbocycles. The van der Waals surface area contributed by atoms with Gasteiger partial charge in [0, 0.05) is 6.07 Å². The molecular formula is C9H11FIN3O. The molecule has 0 spiro atoms. The molecule has 15 heavy (non-hydrogen) atoms. The van der Waals surface area contributed by atoms with Crippen LogP contribution in [0.4, 0.5) is 15.8 Å². The van der Waals surface area contributed by atoms with Gasteiger partial charge in [0.1, 0.15) is 11.9 Å². The number of amides is 1. The molecule has 0 aliphatic rings. The molecule has 1 atom stereocenters. The molecule has 0 bridgehead atoms. The number of primary amides is 1. The van der Waals surface area contributed by atoms with Crippen LogP contribution in [0.25, 0.3) is 0 Å². The molecular weight excluding hydrogens is 312 g/mol. The Morgan fingerprint density at radius 3 is 2.73 bits per heavy atom. The molecule has 82 valence electrons. The van der Waals surface area contributed by atoms with Crippen molar-refractivity contribution < 1.29 is 9.18 Å². The number of nitrogen functional groups attached to an aromatic ring is 1. The number of benzene rings is 1. The van der Waals surface area contributed by atoms with E-state index < -0.39 is 11.9 Å².